The van der Waals surface area contributed by atoms with Crippen LogP contribution in [0, 0.1) is 5.92 Å². The standard InChI is InChI=1S/C23H30N4O3/c1-3-5-6-13-27-22(28)18-12-11-17(14-19(18)24-23(27)29)21-25-20(26-30-21)16-9-7-15(4-2)8-10-16/h7-10,17-19H,3-6,11-14H2,1-2H3,(H,24,29). The number of unbranched alkanes of at least 4 members (excludes halogenated alkanes) is 2. The van der Waals surface area contributed by atoms with Crippen LogP contribution in [-0.4, -0.2) is 39.6 Å². The van der Waals surface area contributed by atoms with Gasteiger partial charge in [0, 0.05) is 24.1 Å². The molecule has 0 bridgehead atoms. The third-order valence-electron chi connectivity index (χ3n) is 6.38. The highest BCUT2D eigenvalue weighted by Crippen LogP contribution is 2.38. The van der Waals surface area contributed by atoms with Crippen molar-refractivity contribution < 1.29 is 14.1 Å². The van der Waals surface area contributed by atoms with E-state index in [0.717, 1.165) is 44.1 Å². The lowest BCUT2D eigenvalue weighted by Gasteiger charge is -2.41. The molecule has 7 nitrogen and oxygen atoms in total. The summed E-state index contributed by atoms with van der Waals surface area (Å²) in [7, 11) is 0. The summed E-state index contributed by atoms with van der Waals surface area (Å²) in [6, 6.07) is 7.75. The highest BCUT2D eigenvalue weighted by atomic mass is 16.5. The molecule has 2 aliphatic rings. The third kappa shape index (κ3) is 4.11. The third-order valence-corrected chi connectivity index (χ3v) is 6.38. The quantitative estimate of drug-likeness (QED) is 0.688. The van der Waals surface area contributed by atoms with Crippen LogP contribution in [0.15, 0.2) is 28.8 Å². The average molecular weight is 411 g/mol. The first kappa shape index (κ1) is 20.6. The van der Waals surface area contributed by atoms with Crippen LogP contribution in [0.2, 0.25) is 0 Å². The number of hydrogen-bond donors (Lipinski definition) is 1. The zero-order chi connectivity index (χ0) is 21.1. The van der Waals surface area contributed by atoms with Crippen molar-refractivity contribution in [3.05, 3.63) is 35.7 Å². The number of amides is 3. The molecule has 3 atom stereocenters. The van der Waals surface area contributed by atoms with Gasteiger partial charge < -0.3 is 9.84 Å². The second-order valence-corrected chi connectivity index (χ2v) is 8.38. The normalized spacial score (nSPS) is 23.9. The number of carbonyl (C=O) groups excluding carboxylic acids is 2. The predicted octanol–water partition coefficient (Wildman–Crippen LogP) is 4.29. The van der Waals surface area contributed by atoms with Gasteiger partial charge in [-0.2, -0.15) is 4.98 Å². The Bertz CT molecular complexity index is 892. The van der Waals surface area contributed by atoms with Gasteiger partial charge in [0.05, 0.1) is 5.92 Å². The summed E-state index contributed by atoms with van der Waals surface area (Å²) in [4.78, 5) is 31.4. The van der Waals surface area contributed by atoms with E-state index in [1.54, 1.807) is 0 Å². The number of aryl methyl sites for hydroxylation is 1. The van der Waals surface area contributed by atoms with Crippen LogP contribution in [0.4, 0.5) is 4.79 Å². The van der Waals surface area contributed by atoms with E-state index in [0.29, 0.717) is 24.7 Å². The van der Waals surface area contributed by atoms with Crippen LogP contribution in [-0.2, 0) is 11.2 Å². The Kier molecular flexibility index (Phi) is 6.16. The van der Waals surface area contributed by atoms with Crippen molar-refractivity contribution in [2.45, 2.75) is 70.8 Å². The van der Waals surface area contributed by atoms with Gasteiger partial charge in [-0.1, -0.05) is 56.1 Å². The Balaban J connectivity index is 1.42. The fourth-order valence-corrected chi connectivity index (χ4v) is 4.53. The van der Waals surface area contributed by atoms with Gasteiger partial charge in [-0.05, 0) is 37.7 Å². The molecule has 160 valence electrons. The molecule has 7 heteroatoms. The van der Waals surface area contributed by atoms with E-state index in [4.69, 9.17) is 4.52 Å². The Morgan fingerprint density at radius 1 is 1.13 bits per heavy atom. The Labute approximate surface area is 177 Å². The Morgan fingerprint density at radius 3 is 2.67 bits per heavy atom. The van der Waals surface area contributed by atoms with E-state index in [9.17, 15) is 9.59 Å². The molecule has 1 saturated heterocycles. The van der Waals surface area contributed by atoms with E-state index < -0.39 is 0 Å². The maximum atomic E-state index is 12.9. The fourth-order valence-electron chi connectivity index (χ4n) is 4.53. The molecule has 1 aliphatic heterocycles. The van der Waals surface area contributed by atoms with E-state index in [1.807, 2.05) is 12.1 Å². The summed E-state index contributed by atoms with van der Waals surface area (Å²) in [5.41, 5.74) is 2.20. The zero-order valence-electron chi connectivity index (χ0n) is 17.8. The molecule has 2 aromatic rings. The molecule has 0 radical (unpaired) electrons. The molecule has 3 unspecified atom stereocenters. The predicted molar refractivity (Wildman–Crippen MR) is 113 cm³/mol. The molecular formula is C23H30N4O3. The number of hydrogen-bond acceptors (Lipinski definition) is 5. The largest absolute Gasteiger partial charge is 0.339 e. The number of carbonyl (C=O) groups is 2. The van der Waals surface area contributed by atoms with Crippen molar-refractivity contribution >= 4 is 11.9 Å². The molecule has 4 rings (SSSR count). The van der Waals surface area contributed by atoms with Crippen LogP contribution >= 0.6 is 0 Å². The van der Waals surface area contributed by atoms with Crippen molar-refractivity contribution in [1.29, 1.82) is 0 Å². The molecule has 2 fully saturated rings. The summed E-state index contributed by atoms with van der Waals surface area (Å²) < 4.78 is 5.57. The first-order valence-corrected chi connectivity index (χ1v) is 11.2. The summed E-state index contributed by atoms with van der Waals surface area (Å²) in [6.45, 7) is 4.74. The van der Waals surface area contributed by atoms with Gasteiger partial charge >= 0.3 is 6.03 Å². The lowest BCUT2D eigenvalue weighted by molar-refractivity contribution is -0.136. The Morgan fingerprint density at radius 2 is 1.93 bits per heavy atom. The van der Waals surface area contributed by atoms with E-state index in [-0.39, 0.29) is 29.8 Å². The van der Waals surface area contributed by atoms with Gasteiger partial charge in [-0.3, -0.25) is 9.69 Å². The lowest BCUT2D eigenvalue weighted by Crippen LogP contribution is -2.61. The van der Waals surface area contributed by atoms with Crippen molar-refractivity contribution in [3.8, 4) is 11.4 Å². The first-order valence-electron chi connectivity index (χ1n) is 11.2. The molecule has 30 heavy (non-hydrogen) atoms. The second-order valence-electron chi connectivity index (χ2n) is 8.38. The lowest BCUT2D eigenvalue weighted by atomic mass is 9.76. The molecular weight excluding hydrogens is 380 g/mol. The number of rotatable bonds is 7. The van der Waals surface area contributed by atoms with Crippen molar-refractivity contribution in [2.75, 3.05) is 6.54 Å². The minimum atomic E-state index is -0.264. The summed E-state index contributed by atoms with van der Waals surface area (Å²) in [5, 5.41) is 7.21. The van der Waals surface area contributed by atoms with Crippen LogP contribution in [0.5, 0.6) is 0 Å². The van der Waals surface area contributed by atoms with Crippen LogP contribution in [0.1, 0.15) is 69.7 Å². The first-order chi connectivity index (χ1) is 14.6. The van der Waals surface area contributed by atoms with Gasteiger partial charge in [0.15, 0.2) is 0 Å². The number of benzene rings is 1. The number of imide groups is 1. The average Bonchev–Trinajstić information content (AvgIpc) is 3.26. The van der Waals surface area contributed by atoms with Gasteiger partial charge in [0.1, 0.15) is 0 Å². The van der Waals surface area contributed by atoms with Crippen LogP contribution in [0.25, 0.3) is 11.4 Å². The maximum absolute atomic E-state index is 12.9. The highest BCUT2D eigenvalue weighted by molar-refractivity contribution is 5.98. The Hall–Kier alpha value is -2.70. The summed E-state index contributed by atoms with van der Waals surface area (Å²) >= 11 is 0. The molecule has 2 heterocycles. The second kappa shape index (κ2) is 8.98. The maximum Gasteiger partial charge on any atom is 0.324 e. The number of nitrogens with one attached hydrogen (secondary N) is 1. The molecule has 1 aromatic carbocycles. The van der Waals surface area contributed by atoms with E-state index in [2.05, 4.69) is 41.4 Å². The van der Waals surface area contributed by atoms with E-state index in [1.165, 1.54) is 10.5 Å². The van der Waals surface area contributed by atoms with Crippen molar-refractivity contribution in [2.24, 2.45) is 5.92 Å². The number of fused-ring (bicyclic) bond motifs is 1. The molecule has 1 N–H and O–H groups in total. The summed E-state index contributed by atoms with van der Waals surface area (Å²) in [6.07, 6.45) is 6.12. The minimum Gasteiger partial charge on any atom is -0.339 e. The van der Waals surface area contributed by atoms with Crippen molar-refractivity contribution in [1.82, 2.24) is 20.4 Å². The van der Waals surface area contributed by atoms with Crippen LogP contribution < -0.4 is 5.32 Å². The molecule has 1 saturated carbocycles. The van der Waals surface area contributed by atoms with E-state index >= 15 is 0 Å². The minimum absolute atomic E-state index is 0.0273. The fraction of sp³-hybridized carbons (Fsp3) is 0.565. The topological polar surface area (TPSA) is 88.3 Å². The number of aromatic nitrogens is 2. The smallest absolute Gasteiger partial charge is 0.324 e. The molecule has 0 spiro atoms. The van der Waals surface area contributed by atoms with Crippen molar-refractivity contribution in [3.63, 3.8) is 0 Å². The highest BCUT2D eigenvalue weighted by Gasteiger charge is 2.45. The summed E-state index contributed by atoms with van der Waals surface area (Å²) in [5.74, 6) is 1.06. The van der Waals surface area contributed by atoms with Gasteiger partial charge in [0.25, 0.3) is 0 Å². The number of nitrogens with zero attached hydrogens (tertiary/aromatic N) is 3. The molecule has 3 amide bonds. The SMILES string of the molecule is CCCCCN1C(=O)NC2CC(c3nc(-c4ccc(CC)cc4)no3)CCC2C1=O. The zero-order valence-corrected chi connectivity index (χ0v) is 17.8. The number of urea groups is 1. The monoisotopic (exact) mass is 410 g/mol. The van der Waals surface area contributed by atoms with Gasteiger partial charge in [-0.15, -0.1) is 0 Å². The van der Waals surface area contributed by atoms with Gasteiger partial charge in [0.2, 0.25) is 17.6 Å². The van der Waals surface area contributed by atoms with Crippen LogP contribution in [0.3, 0.4) is 0 Å². The molecule has 1 aromatic heterocycles. The molecule has 1 aliphatic carbocycles. The van der Waals surface area contributed by atoms with Gasteiger partial charge in [-0.25, -0.2) is 4.79 Å².